The minimum atomic E-state index is -1.09. The van der Waals surface area contributed by atoms with E-state index in [4.69, 9.17) is 23.2 Å². The first-order chi connectivity index (χ1) is 15.7. The van der Waals surface area contributed by atoms with Gasteiger partial charge in [0, 0.05) is 23.1 Å². The zero-order valence-electron chi connectivity index (χ0n) is 18.3. The first-order valence-corrected chi connectivity index (χ1v) is 13.0. The van der Waals surface area contributed by atoms with Gasteiger partial charge in [-0.3, -0.25) is 9.59 Å². The van der Waals surface area contributed by atoms with Crippen LogP contribution >= 0.6 is 45.8 Å². The van der Waals surface area contributed by atoms with Crippen LogP contribution in [0.2, 0.25) is 10.0 Å². The Kier molecular flexibility index (Phi) is 7.27. The van der Waals surface area contributed by atoms with E-state index in [9.17, 15) is 9.59 Å². The third-order valence-corrected chi connectivity index (χ3v) is 10.0. The molecule has 2 aromatic rings. The highest BCUT2D eigenvalue weighted by Gasteiger charge is 2.53. The second-order valence-corrected chi connectivity index (χ2v) is 11.6. The van der Waals surface area contributed by atoms with E-state index >= 15 is 4.39 Å². The lowest BCUT2D eigenvalue weighted by Crippen LogP contribution is -2.54. The van der Waals surface area contributed by atoms with E-state index in [1.165, 1.54) is 12.1 Å². The highest BCUT2D eigenvalue weighted by molar-refractivity contribution is 14.1. The van der Waals surface area contributed by atoms with E-state index < -0.39 is 20.7 Å². The second-order valence-electron chi connectivity index (χ2n) is 9.24. The Labute approximate surface area is 217 Å². The van der Waals surface area contributed by atoms with Gasteiger partial charge in [0.1, 0.15) is 9.36 Å². The predicted molar refractivity (Wildman–Crippen MR) is 137 cm³/mol. The fourth-order valence-electron chi connectivity index (χ4n) is 5.06. The van der Waals surface area contributed by atoms with Crippen LogP contribution in [0.4, 0.5) is 4.39 Å². The highest BCUT2D eigenvalue weighted by Crippen LogP contribution is 2.57. The van der Waals surface area contributed by atoms with E-state index in [-0.39, 0.29) is 34.0 Å². The topological polar surface area (TPSA) is 58.2 Å². The summed E-state index contributed by atoms with van der Waals surface area (Å²) in [5, 5.41) is 6.43. The standard InChI is InChI=1S/C25H26Cl2FIN2O2/c1-24(12-4-5-13-24)25(29,20-19(28)11-10-18(26)21(20)27)31-22(32)16-9-8-15-6-2-3-7-17(15)23(33)30-14-16/h2-3,6-7,10-11,16H,4-5,8-9,12-14H2,1H3,(H,30,33)(H,31,32)/t16-,25-/m1/s1. The number of alkyl halides is 1. The Morgan fingerprint density at radius 3 is 2.64 bits per heavy atom. The molecule has 2 atom stereocenters. The molecule has 0 unspecified atom stereocenters. The largest absolute Gasteiger partial charge is 0.351 e. The molecule has 0 aromatic heterocycles. The summed E-state index contributed by atoms with van der Waals surface area (Å²) in [5.74, 6) is -1.36. The van der Waals surface area contributed by atoms with Gasteiger partial charge in [-0.1, -0.05) is 61.2 Å². The molecule has 0 bridgehead atoms. The summed E-state index contributed by atoms with van der Waals surface area (Å²) >= 11 is 15.0. The van der Waals surface area contributed by atoms with E-state index in [2.05, 4.69) is 40.1 Å². The molecule has 1 fully saturated rings. The first-order valence-electron chi connectivity index (χ1n) is 11.2. The van der Waals surface area contributed by atoms with E-state index in [0.29, 0.717) is 18.4 Å². The Balaban J connectivity index is 1.67. The van der Waals surface area contributed by atoms with Crippen molar-refractivity contribution in [3.05, 3.63) is 69.0 Å². The van der Waals surface area contributed by atoms with Gasteiger partial charge in [0.15, 0.2) is 0 Å². The average Bonchev–Trinajstić information content (AvgIpc) is 3.23. The molecule has 1 saturated carbocycles. The molecule has 0 spiro atoms. The Bertz CT molecular complexity index is 1090. The van der Waals surface area contributed by atoms with Crippen LogP contribution in [-0.4, -0.2) is 18.4 Å². The van der Waals surface area contributed by atoms with Crippen LogP contribution in [0.3, 0.4) is 0 Å². The van der Waals surface area contributed by atoms with E-state index in [1.807, 2.05) is 18.2 Å². The molecule has 2 N–H and O–H groups in total. The molecule has 1 aliphatic heterocycles. The zero-order chi connectivity index (χ0) is 23.8. The number of nitrogens with one attached hydrogen (secondary N) is 2. The highest BCUT2D eigenvalue weighted by atomic mass is 127. The summed E-state index contributed by atoms with van der Waals surface area (Å²) in [5.41, 5.74) is 1.37. The fourth-order valence-corrected chi connectivity index (χ4v) is 7.00. The van der Waals surface area contributed by atoms with Gasteiger partial charge in [-0.25, -0.2) is 4.39 Å². The summed E-state index contributed by atoms with van der Waals surface area (Å²) in [6, 6.07) is 10.2. The summed E-state index contributed by atoms with van der Waals surface area (Å²) in [6.45, 7) is 2.29. The number of hydrogen-bond donors (Lipinski definition) is 2. The molecule has 33 heavy (non-hydrogen) atoms. The van der Waals surface area contributed by atoms with Gasteiger partial charge in [0.25, 0.3) is 5.91 Å². The minimum absolute atomic E-state index is 0.124. The Hall–Kier alpha value is -1.38. The third kappa shape index (κ3) is 4.63. The molecule has 4 nitrogen and oxygen atoms in total. The van der Waals surface area contributed by atoms with E-state index in [1.54, 1.807) is 6.07 Å². The lowest BCUT2D eigenvalue weighted by Gasteiger charge is -2.45. The molecule has 2 aromatic carbocycles. The first kappa shape index (κ1) is 24.7. The van der Waals surface area contributed by atoms with Gasteiger partial charge in [0.2, 0.25) is 5.91 Å². The van der Waals surface area contributed by atoms with E-state index in [0.717, 1.165) is 31.2 Å². The summed E-state index contributed by atoms with van der Waals surface area (Å²) in [6.07, 6.45) is 4.82. The van der Waals surface area contributed by atoms with Crippen molar-refractivity contribution in [1.82, 2.24) is 10.6 Å². The molecule has 8 heteroatoms. The van der Waals surface area contributed by atoms with Crippen LogP contribution in [0, 0.1) is 17.2 Å². The van der Waals surface area contributed by atoms with Gasteiger partial charge >= 0.3 is 0 Å². The smallest absolute Gasteiger partial charge is 0.251 e. The summed E-state index contributed by atoms with van der Waals surface area (Å²) in [4.78, 5) is 26.2. The van der Waals surface area contributed by atoms with Crippen molar-refractivity contribution >= 4 is 57.6 Å². The Morgan fingerprint density at radius 1 is 1.21 bits per heavy atom. The predicted octanol–water partition coefficient (Wildman–Crippen LogP) is 6.41. The molecule has 1 aliphatic carbocycles. The van der Waals surface area contributed by atoms with Crippen molar-refractivity contribution in [2.24, 2.45) is 11.3 Å². The average molecular weight is 603 g/mol. The van der Waals surface area contributed by atoms with Crippen LogP contribution in [0.5, 0.6) is 0 Å². The lowest BCUT2D eigenvalue weighted by atomic mass is 9.76. The number of amides is 2. The van der Waals surface area contributed by atoms with Gasteiger partial charge < -0.3 is 10.6 Å². The maximum atomic E-state index is 15.2. The number of hydrogen-bond acceptors (Lipinski definition) is 2. The number of aryl methyl sites for hydroxylation is 1. The van der Waals surface area contributed by atoms with Crippen LogP contribution in [-0.2, 0) is 14.8 Å². The number of fused-ring (bicyclic) bond motifs is 1. The minimum Gasteiger partial charge on any atom is -0.351 e. The quantitative estimate of drug-likeness (QED) is 0.184. The third-order valence-electron chi connectivity index (χ3n) is 7.13. The molecule has 1 heterocycles. The van der Waals surface area contributed by atoms with Crippen molar-refractivity contribution in [2.45, 2.75) is 49.0 Å². The maximum absolute atomic E-state index is 15.2. The van der Waals surface area contributed by atoms with Gasteiger partial charge in [-0.2, -0.15) is 0 Å². The van der Waals surface area contributed by atoms with Crippen LogP contribution in [0.1, 0.15) is 60.5 Å². The van der Waals surface area contributed by atoms with Crippen molar-refractivity contribution in [3.8, 4) is 0 Å². The SMILES string of the molecule is CC1([C@](I)(NC(=O)[C@@H]2CCc3ccccc3C(=O)NC2)c2c(F)ccc(Cl)c2Cl)CCCC1. The number of carbonyl (C=O) groups excluding carboxylic acids is 2. The van der Waals surface area contributed by atoms with Crippen LogP contribution in [0.25, 0.3) is 0 Å². The second kappa shape index (κ2) is 9.70. The molecule has 2 aliphatic rings. The van der Waals surface area contributed by atoms with Gasteiger partial charge in [-0.15, -0.1) is 0 Å². The van der Waals surface area contributed by atoms with Gasteiger partial charge in [-0.05, 0) is 72.0 Å². The summed E-state index contributed by atoms with van der Waals surface area (Å²) in [7, 11) is 0. The maximum Gasteiger partial charge on any atom is 0.251 e. The van der Waals surface area contributed by atoms with Gasteiger partial charge in [0.05, 0.1) is 16.0 Å². The Morgan fingerprint density at radius 2 is 1.91 bits per heavy atom. The van der Waals surface area contributed by atoms with Crippen molar-refractivity contribution < 1.29 is 14.0 Å². The molecular formula is C25H26Cl2FIN2O2. The fraction of sp³-hybridized carbons (Fsp3) is 0.440. The van der Waals surface area contributed by atoms with Crippen molar-refractivity contribution in [1.29, 1.82) is 0 Å². The monoisotopic (exact) mass is 602 g/mol. The lowest BCUT2D eigenvalue weighted by molar-refractivity contribution is -0.127. The van der Waals surface area contributed by atoms with Crippen LogP contribution in [0.15, 0.2) is 36.4 Å². The normalized spacial score (nSPS) is 21.8. The zero-order valence-corrected chi connectivity index (χ0v) is 22.0. The van der Waals surface area contributed by atoms with Crippen LogP contribution < -0.4 is 10.6 Å². The molecule has 0 radical (unpaired) electrons. The number of carbonyl (C=O) groups is 2. The number of halogens is 4. The number of benzene rings is 2. The number of rotatable bonds is 4. The molecule has 0 saturated heterocycles. The molecule has 4 rings (SSSR count). The van der Waals surface area contributed by atoms with Crippen molar-refractivity contribution in [3.63, 3.8) is 0 Å². The van der Waals surface area contributed by atoms with Crippen molar-refractivity contribution in [2.75, 3.05) is 6.54 Å². The summed E-state index contributed by atoms with van der Waals surface area (Å²) < 4.78 is 14.1. The molecule has 2 amide bonds. The molecular weight excluding hydrogens is 577 g/mol. The molecule has 176 valence electrons.